The van der Waals surface area contributed by atoms with Crippen LogP contribution in [0.4, 0.5) is 5.69 Å². The minimum Gasteiger partial charge on any atom is -0.380 e. The molecule has 1 aromatic rings. The number of likely N-dealkylation sites (tertiary alicyclic amines) is 1. The largest absolute Gasteiger partial charge is 0.380 e. The highest BCUT2D eigenvalue weighted by Crippen LogP contribution is 2.18. The highest BCUT2D eigenvalue weighted by Gasteiger charge is 2.18. The minimum atomic E-state index is 0.560. The molecule has 88 valence electrons. The Hall–Kier alpha value is -0.610. The minimum absolute atomic E-state index is 0.560. The van der Waals surface area contributed by atoms with Crippen molar-refractivity contribution in [2.75, 3.05) is 25.0 Å². The van der Waals surface area contributed by atoms with Gasteiger partial charge in [0.15, 0.2) is 0 Å². The number of nitrogens with one attached hydrogen (secondary N) is 1. The number of halogens is 1. The fourth-order valence-corrected chi connectivity index (χ4v) is 2.55. The second-order valence-corrected chi connectivity index (χ2v) is 5.18. The van der Waals surface area contributed by atoms with Gasteiger partial charge in [0, 0.05) is 23.3 Å². The first-order chi connectivity index (χ1) is 7.78. The van der Waals surface area contributed by atoms with Crippen LogP contribution in [-0.4, -0.2) is 35.6 Å². The normalized spacial score (nSPS) is 22.0. The molecule has 0 aromatic carbocycles. The monoisotopic (exact) mass is 283 g/mol. The lowest BCUT2D eigenvalue weighted by Gasteiger charge is -2.32. The van der Waals surface area contributed by atoms with E-state index in [1.54, 1.807) is 0 Å². The van der Waals surface area contributed by atoms with Gasteiger partial charge in [0.25, 0.3) is 0 Å². The van der Waals surface area contributed by atoms with Crippen LogP contribution in [0.1, 0.15) is 19.8 Å². The van der Waals surface area contributed by atoms with Gasteiger partial charge in [-0.05, 0) is 47.9 Å². The van der Waals surface area contributed by atoms with Crippen molar-refractivity contribution in [3.8, 4) is 0 Å². The van der Waals surface area contributed by atoms with Gasteiger partial charge in [0.05, 0.1) is 11.9 Å². The third-order valence-electron chi connectivity index (χ3n) is 3.03. The van der Waals surface area contributed by atoms with Crippen LogP contribution in [0.5, 0.6) is 0 Å². The number of hydrogen-bond acceptors (Lipinski definition) is 3. The number of rotatable bonds is 3. The van der Waals surface area contributed by atoms with Crippen molar-refractivity contribution in [2.45, 2.75) is 25.8 Å². The maximum Gasteiger partial charge on any atom is 0.0540 e. The first-order valence-electron chi connectivity index (χ1n) is 5.87. The zero-order chi connectivity index (χ0) is 11.4. The van der Waals surface area contributed by atoms with Gasteiger partial charge in [0.1, 0.15) is 0 Å². The molecule has 1 atom stereocenters. The smallest absolute Gasteiger partial charge is 0.0540 e. The Morgan fingerprint density at radius 3 is 3.19 bits per heavy atom. The molecule has 2 heterocycles. The zero-order valence-corrected chi connectivity index (χ0v) is 11.2. The summed E-state index contributed by atoms with van der Waals surface area (Å²) in [6.07, 6.45) is 6.23. The summed E-state index contributed by atoms with van der Waals surface area (Å²) in [6.45, 7) is 5.76. The number of anilines is 1. The lowest BCUT2D eigenvalue weighted by Crippen LogP contribution is -2.41. The Morgan fingerprint density at radius 1 is 1.56 bits per heavy atom. The summed E-state index contributed by atoms with van der Waals surface area (Å²) in [5, 5.41) is 3.55. The fourth-order valence-electron chi connectivity index (χ4n) is 2.19. The van der Waals surface area contributed by atoms with Gasteiger partial charge in [-0.1, -0.05) is 6.92 Å². The Morgan fingerprint density at radius 2 is 2.44 bits per heavy atom. The Balaban J connectivity index is 1.94. The Bertz CT molecular complexity index is 343. The Kier molecular flexibility index (Phi) is 4.18. The average molecular weight is 284 g/mol. The summed E-state index contributed by atoms with van der Waals surface area (Å²) >= 11 is 3.44. The predicted octanol–water partition coefficient (Wildman–Crippen LogP) is 2.74. The van der Waals surface area contributed by atoms with Gasteiger partial charge in [-0.2, -0.15) is 0 Å². The van der Waals surface area contributed by atoms with Gasteiger partial charge in [-0.15, -0.1) is 0 Å². The van der Waals surface area contributed by atoms with E-state index < -0.39 is 0 Å². The van der Waals surface area contributed by atoms with E-state index in [1.165, 1.54) is 19.4 Å². The molecule has 1 unspecified atom stereocenters. The van der Waals surface area contributed by atoms with Crippen LogP contribution in [0.25, 0.3) is 0 Å². The summed E-state index contributed by atoms with van der Waals surface area (Å²) in [6, 6.07) is 2.64. The summed E-state index contributed by atoms with van der Waals surface area (Å²) < 4.78 is 1.03. The summed E-state index contributed by atoms with van der Waals surface area (Å²) in [5.74, 6) is 0. The molecule has 3 nitrogen and oxygen atoms in total. The second kappa shape index (κ2) is 5.64. The standard InChI is InChI=1S/C12H18BrN3/c1-2-16-5-3-4-11(9-16)15-12-6-10(13)7-14-8-12/h6-8,11,15H,2-5,9H2,1H3. The molecule has 4 heteroatoms. The second-order valence-electron chi connectivity index (χ2n) is 4.27. The lowest BCUT2D eigenvalue weighted by molar-refractivity contribution is 0.227. The van der Waals surface area contributed by atoms with Crippen molar-refractivity contribution in [3.05, 3.63) is 22.9 Å². The summed E-state index contributed by atoms with van der Waals surface area (Å²) in [4.78, 5) is 6.66. The number of aromatic nitrogens is 1. The number of likely N-dealkylation sites (N-methyl/N-ethyl adjacent to an activating group) is 1. The van der Waals surface area contributed by atoms with E-state index in [4.69, 9.17) is 0 Å². The summed E-state index contributed by atoms with van der Waals surface area (Å²) in [7, 11) is 0. The maximum atomic E-state index is 4.17. The molecule has 0 saturated carbocycles. The van der Waals surface area contributed by atoms with Crippen LogP contribution < -0.4 is 5.32 Å². The third kappa shape index (κ3) is 3.19. The molecule has 1 aliphatic rings. The number of piperidine rings is 1. The van der Waals surface area contributed by atoms with Crippen molar-refractivity contribution in [3.63, 3.8) is 0 Å². The van der Waals surface area contributed by atoms with Gasteiger partial charge >= 0.3 is 0 Å². The third-order valence-corrected chi connectivity index (χ3v) is 3.46. The molecular weight excluding hydrogens is 266 g/mol. The van der Waals surface area contributed by atoms with Crippen LogP contribution in [0, 0.1) is 0 Å². The number of hydrogen-bond donors (Lipinski definition) is 1. The van der Waals surface area contributed by atoms with Crippen molar-refractivity contribution in [1.82, 2.24) is 9.88 Å². The predicted molar refractivity (Wildman–Crippen MR) is 70.7 cm³/mol. The van der Waals surface area contributed by atoms with Gasteiger partial charge in [-0.3, -0.25) is 4.98 Å². The van der Waals surface area contributed by atoms with Crippen molar-refractivity contribution in [1.29, 1.82) is 0 Å². The molecule has 0 amide bonds. The molecule has 1 aromatic heterocycles. The van der Waals surface area contributed by atoms with Crippen LogP contribution in [0.15, 0.2) is 22.9 Å². The quantitative estimate of drug-likeness (QED) is 0.925. The zero-order valence-electron chi connectivity index (χ0n) is 9.62. The number of nitrogens with zero attached hydrogens (tertiary/aromatic N) is 2. The lowest BCUT2D eigenvalue weighted by atomic mass is 10.1. The van der Waals surface area contributed by atoms with E-state index in [2.05, 4.69) is 44.1 Å². The molecule has 1 N–H and O–H groups in total. The molecule has 2 rings (SSSR count). The van der Waals surface area contributed by atoms with Crippen molar-refractivity contribution in [2.24, 2.45) is 0 Å². The molecule has 1 aliphatic heterocycles. The van der Waals surface area contributed by atoms with Crippen LogP contribution >= 0.6 is 15.9 Å². The molecular formula is C12H18BrN3. The Labute approximate surface area is 105 Å². The fraction of sp³-hybridized carbons (Fsp3) is 0.583. The van der Waals surface area contributed by atoms with E-state index in [9.17, 15) is 0 Å². The van der Waals surface area contributed by atoms with Crippen molar-refractivity contribution < 1.29 is 0 Å². The van der Waals surface area contributed by atoms with Crippen LogP contribution in [-0.2, 0) is 0 Å². The average Bonchev–Trinajstić information content (AvgIpc) is 2.29. The van der Waals surface area contributed by atoms with Crippen LogP contribution in [0.2, 0.25) is 0 Å². The first kappa shape index (κ1) is 11.9. The molecule has 0 bridgehead atoms. The highest BCUT2D eigenvalue weighted by atomic mass is 79.9. The molecule has 0 radical (unpaired) electrons. The van der Waals surface area contributed by atoms with E-state index in [0.717, 1.165) is 23.2 Å². The van der Waals surface area contributed by atoms with Crippen molar-refractivity contribution >= 4 is 21.6 Å². The first-order valence-corrected chi connectivity index (χ1v) is 6.66. The SMILES string of the molecule is CCN1CCCC(Nc2cncc(Br)c2)C1. The van der Waals surface area contributed by atoms with E-state index in [-0.39, 0.29) is 0 Å². The maximum absolute atomic E-state index is 4.17. The molecule has 0 spiro atoms. The van der Waals surface area contributed by atoms with Crippen LogP contribution in [0.3, 0.4) is 0 Å². The number of pyridine rings is 1. The van der Waals surface area contributed by atoms with E-state index >= 15 is 0 Å². The highest BCUT2D eigenvalue weighted by molar-refractivity contribution is 9.10. The van der Waals surface area contributed by atoms with E-state index in [1.807, 2.05) is 12.4 Å². The van der Waals surface area contributed by atoms with Gasteiger partial charge < -0.3 is 10.2 Å². The van der Waals surface area contributed by atoms with E-state index in [0.29, 0.717) is 6.04 Å². The molecule has 0 aliphatic carbocycles. The molecule has 1 saturated heterocycles. The van der Waals surface area contributed by atoms with Gasteiger partial charge in [0.2, 0.25) is 0 Å². The molecule has 16 heavy (non-hydrogen) atoms. The topological polar surface area (TPSA) is 28.2 Å². The summed E-state index contributed by atoms with van der Waals surface area (Å²) in [5.41, 5.74) is 1.11. The molecule has 1 fully saturated rings. The van der Waals surface area contributed by atoms with Gasteiger partial charge in [-0.25, -0.2) is 0 Å².